The van der Waals surface area contributed by atoms with E-state index in [1.807, 2.05) is 48.5 Å². The highest BCUT2D eigenvalue weighted by Crippen LogP contribution is 2.28. The Hall–Kier alpha value is -2.82. The zero-order valence-electron chi connectivity index (χ0n) is 15.2. The smallest absolute Gasteiger partial charge is 0.251 e. The number of hydrogen-bond donors (Lipinski definition) is 2. The fourth-order valence-corrected chi connectivity index (χ4v) is 3.89. The number of nitrogens with one attached hydrogen (secondary N) is 2. The van der Waals surface area contributed by atoms with Crippen LogP contribution in [0.5, 0.6) is 5.75 Å². The summed E-state index contributed by atoms with van der Waals surface area (Å²) >= 11 is 0. The second-order valence-corrected chi connectivity index (χ2v) is 7.31. The van der Waals surface area contributed by atoms with Crippen molar-refractivity contribution in [1.29, 1.82) is 0 Å². The highest BCUT2D eigenvalue weighted by Gasteiger charge is 2.31. The number of fused-ring (bicyclic) bond motifs is 1. The van der Waals surface area contributed by atoms with Crippen LogP contribution in [0.4, 0.5) is 5.69 Å². The van der Waals surface area contributed by atoms with Gasteiger partial charge in [0.25, 0.3) is 5.91 Å². The molecule has 0 spiro atoms. The van der Waals surface area contributed by atoms with Crippen molar-refractivity contribution in [2.24, 2.45) is 5.92 Å². The Kier molecular flexibility index (Phi) is 5.10. The van der Waals surface area contributed by atoms with Gasteiger partial charge >= 0.3 is 0 Å². The van der Waals surface area contributed by atoms with Crippen molar-refractivity contribution in [3.63, 3.8) is 0 Å². The van der Waals surface area contributed by atoms with Crippen LogP contribution in [-0.4, -0.2) is 24.5 Å². The molecule has 2 amide bonds. The molecule has 2 atom stereocenters. The van der Waals surface area contributed by atoms with Crippen molar-refractivity contribution in [2.45, 2.75) is 38.1 Å². The number of rotatable bonds is 4. The summed E-state index contributed by atoms with van der Waals surface area (Å²) in [4.78, 5) is 25.0. The molecule has 4 rings (SSSR count). The molecule has 1 saturated carbocycles. The Morgan fingerprint density at radius 2 is 1.89 bits per heavy atom. The first-order valence-corrected chi connectivity index (χ1v) is 9.61. The van der Waals surface area contributed by atoms with Crippen LogP contribution in [0.25, 0.3) is 0 Å². The van der Waals surface area contributed by atoms with Gasteiger partial charge in [0.15, 0.2) is 0 Å². The minimum absolute atomic E-state index is 0.0314. The molecule has 2 N–H and O–H groups in total. The maximum atomic E-state index is 12.6. The molecular weight excluding hydrogens is 340 g/mol. The lowest BCUT2D eigenvalue weighted by atomic mass is 10.0. The van der Waals surface area contributed by atoms with Gasteiger partial charge in [0.1, 0.15) is 5.75 Å². The summed E-state index contributed by atoms with van der Waals surface area (Å²) in [5, 5.41) is 6.05. The first-order valence-electron chi connectivity index (χ1n) is 9.61. The van der Waals surface area contributed by atoms with Crippen LogP contribution >= 0.6 is 0 Å². The molecule has 140 valence electrons. The molecule has 27 heavy (non-hydrogen) atoms. The lowest BCUT2D eigenvalue weighted by molar-refractivity contribution is -0.119. The summed E-state index contributed by atoms with van der Waals surface area (Å²) in [6, 6.07) is 15.1. The van der Waals surface area contributed by atoms with Crippen molar-refractivity contribution in [3.05, 3.63) is 59.7 Å². The third-order valence-electron chi connectivity index (χ3n) is 5.35. The molecule has 2 aromatic rings. The van der Waals surface area contributed by atoms with Crippen LogP contribution < -0.4 is 15.4 Å². The van der Waals surface area contributed by atoms with Gasteiger partial charge < -0.3 is 15.4 Å². The van der Waals surface area contributed by atoms with Gasteiger partial charge in [-0.2, -0.15) is 0 Å². The number of ether oxygens (including phenoxy) is 1. The van der Waals surface area contributed by atoms with Gasteiger partial charge in [0, 0.05) is 23.2 Å². The number of amides is 2. The molecular formula is C22H24N2O3. The number of hydrogen-bond acceptors (Lipinski definition) is 3. The first-order chi connectivity index (χ1) is 13.2. The van der Waals surface area contributed by atoms with Crippen LogP contribution in [0.15, 0.2) is 48.5 Å². The summed E-state index contributed by atoms with van der Waals surface area (Å²) < 4.78 is 5.60. The van der Waals surface area contributed by atoms with E-state index in [2.05, 4.69) is 10.6 Å². The predicted octanol–water partition coefficient (Wildman–Crippen LogP) is 3.55. The maximum absolute atomic E-state index is 12.6. The third-order valence-corrected chi connectivity index (χ3v) is 5.35. The van der Waals surface area contributed by atoms with E-state index < -0.39 is 0 Å². The monoisotopic (exact) mass is 364 g/mol. The van der Waals surface area contributed by atoms with Crippen LogP contribution in [-0.2, 0) is 11.2 Å². The van der Waals surface area contributed by atoms with E-state index in [1.54, 1.807) is 0 Å². The van der Waals surface area contributed by atoms with E-state index in [-0.39, 0.29) is 23.8 Å². The quantitative estimate of drug-likeness (QED) is 0.872. The van der Waals surface area contributed by atoms with Crippen molar-refractivity contribution < 1.29 is 14.3 Å². The minimum atomic E-state index is -0.0718. The first kappa shape index (κ1) is 17.6. The normalized spacial score (nSPS) is 21.0. The molecule has 0 aromatic heterocycles. The summed E-state index contributed by atoms with van der Waals surface area (Å²) in [6.45, 7) is 0.743. The second-order valence-electron chi connectivity index (χ2n) is 7.31. The van der Waals surface area contributed by atoms with Crippen molar-refractivity contribution in [2.75, 3.05) is 11.9 Å². The summed E-state index contributed by atoms with van der Waals surface area (Å²) in [6.07, 6.45) is 4.23. The largest absolute Gasteiger partial charge is 0.493 e. The zero-order chi connectivity index (χ0) is 18.6. The summed E-state index contributed by atoms with van der Waals surface area (Å²) in [5.74, 6) is 0.783. The lowest BCUT2D eigenvalue weighted by Gasteiger charge is -2.18. The van der Waals surface area contributed by atoms with Crippen molar-refractivity contribution in [3.8, 4) is 5.75 Å². The molecule has 5 heteroatoms. The molecule has 1 aliphatic heterocycles. The Bertz CT molecular complexity index is 835. The van der Waals surface area contributed by atoms with Crippen molar-refractivity contribution >= 4 is 17.5 Å². The maximum Gasteiger partial charge on any atom is 0.251 e. The number of benzene rings is 2. The van der Waals surface area contributed by atoms with Gasteiger partial charge in [-0.05, 0) is 68.0 Å². The highest BCUT2D eigenvalue weighted by atomic mass is 16.5. The summed E-state index contributed by atoms with van der Waals surface area (Å²) in [5.41, 5.74) is 2.57. The molecule has 1 aliphatic carbocycles. The van der Waals surface area contributed by atoms with E-state index in [4.69, 9.17) is 4.74 Å². The number of carbonyl (C=O) groups excluding carboxylic acids is 2. The lowest BCUT2D eigenvalue weighted by Crippen LogP contribution is -2.33. The Morgan fingerprint density at radius 1 is 1.04 bits per heavy atom. The van der Waals surface area contributed by atoms with E-state index in [0.29, 0.717) is 12.0 Å². The van der Waals surface area contributed by atoms with E-state index >= 15 is 0 Å². The molecule has 5 nitrogen and oxygen atoms in total. The molecule has 1 fully saturated rings. The number of aryl methyl sites for hydroxylation is 1. The highest BCUT2D eigenvalue weighted by molar-refractivity contribution is 5.95. The Balaban J connectivity index is 1.33. The van der Waals surface area contributed by atoms with Crippen LogP contribution in [0.3, 0.4) is 0 Å². The van der Waals surface area contributed by atoms with Gasteiger partial charge in [-0.15, -0.1) is 0 Å². The summed E-state index contributed by atoms with van der Waals surface area (Å²) in [7, 11) is 0. The molecule has 0 unspecified atom stereocenters. The van der Waals surface area contributed by atoms with E-state index in [0.717, 1.165) is 49.3 Å². The van der Waals surface area contributed by atoms with E-state index in [1.165, 1.54) is 0 Å². The topological polar surface area (TPSA) is 67.4 Å². The van der Waals surface area contributed by atoms with Crippen LogP contribution in [0, 0.1) is 5.92 Å². The van der Waals surface area contributed by atoms with Crippen LogP contribution in [0.2, 0.25) is 0 Å². The van der Waals surface area contributed by atoms with Gasteiger partial charge in [-0.3, -0.25) is 9.59 Å². The predicted molar refractivity (Wildman–Crippen MR) is 104 cm³/mol. The molecule has 2 aromatic carbocycles. The average Bonchev–Trinajstić information content (AvgIpc) is 3.17. The molecule has 1 heterocycles. The number of anilines is 1. The van der Waals surface area contributed by atoms with Gasteiger partial charge in [0.05, 0.1) is 6.61 Å². The molecule has 0 saturated heterocycles. The molecule has 2 aliphatic rings. The minimum Gasteiger partial charge on any atom is -0.493 e. The average molecular weight is 364 g/mol. The fourth-order valence-electron chi connectivity index (χ4n) is 3.89. The van der Waals surface area contributed by atoms with Gasteiger partial charge in [-0.1, -0.05) is 18.2 Å². The second kappa shape index (κ2) is 7.82. The zero-order valence-corrected chi connectivity index (χ0v) is 15.2. The Labute approximate surface area is 159 Å². The Morgan fingerprint density at radius 3 is 2.74 bits per heavy atom. The van der Waals surface area contributed by atoms with Crippen molar-refractivity contribution in [1.82, 2.24) is 5.32 Å². The SMILES string of the molecule is O=C(N[C@@H]1CC[C@H](C(=O)Nc2ccccc2)C1)c1ccc2c(c1)CCCO2. The van der Waals surface area contributed by atoms with E-state index in [9.17, 15) is 9.59 Å². The van der Waals surface area contributed by atoms with Crippen LogP contribution in [0.1, 0.15) is 41.6 Å². The third kappa shape index (κ3) is 4.13. The molecule has 0 radical (unpaired) electrons. The molecule has 0 bridgehead atoms. The fraction of sp³-hybridized carbons (Fsp3) is 0.364. The van der Waals surface area contributed by atoms with Gasteiger partial charge in [0.2, 0.25) is 5.91 Å². The standard InChI is InChI=1S/C22H24N2O3/c25-21(16-9-11-20-15(13-16)5-4-12-27-20)24-19-10-8-17(14-19)22(26)23-18-6-2-1-3-7-18/h1-3,6-7,9,11,13,17,19H,4-5,8,10,12,14H2,(H,23,26)(H,24,25)/t17-,19+/m0/s1. The number of para-hydroxylation sites is 1. The van der Waals surface area contributed by atoms with Gasteiger partial charge in [-0.25, -0.2) is 0 Å². The number of carbonyl (C=O) groups is 2.